The third-order valence-electron chi connectivity index (χ3n) is 5.30. The number of hydrogen-bond donors (Lipinski definition) is 1. The molecule has 0 bridgehead atoms. The first-order valence-electron chi connectivity index (χ1n) is 9.70. The average molecular weight is 414 g/mol. The van der Waals surface area contributed by atoms with E-state index in [-0.39, 0.29) is 0 Å². The van der Waals surface area contributed by atoms with Crippen LogP contribution in [-0.4, -0.2) is 0 Å². The van der Waals surface area contributed by atoms with Crippen molar-refractivity contribution < 1.29 is 0 Å². The minimum atomic E-state index is -2.61. The van der Waals surface area contributed by atoms with Gasteiger partial charge < -0.3 is 0 Å². The molecular formula is C26H24NPS. The van der Waals surface area contributed by atoms with Crippen LogP contribution < -0.4 is 15.9 Å². The van der Waals surface area contributed by atoms with Crippen molar-refractivity contribution in [2.75, 3.05) is 0 Å². The van der Waals surface area contributed by atoms with Gasteiger partial charge in [-0.1, -0.05) is 0 Å². The fraction of sp³-hybridized carbons (Fsp3) is 0.0385. The van der Waals surface area contributed by atoms with E-state index in [1.165, 1.54) is 21.5 Å². The van der Waals surface area contributed by atoms with Crippen molar-refractivity contribution in [2.24, 2.45) is 0 Å². The molecule has 0 heterocycles. The molecule has 1 nitrogen and oxygen atoms in total. The molecule has 0 aliphatic carbocycles. The summed E-state index contributed by atoms with van der Waals surface area (Å²) in [6.45, 7) is -0.516. The molecule has 0 N–H and O–H groups in total. The van der Waals surface area contributed by atoms with Crippen LogP contribution >= 0.6 is 17.0 Å². The van der Waals surface area contributed by atoms with E-state index in [0.29, 0.717) is 0 Å². The predicted molar refractivity (Wildman–Crippen MR) is 131 cm³/mol. The molecule has 1 unspecified atom stereocenters. The predicted octanol–water partition coefficient (Wildman–Crippen LogP) is 5.48. The van der Waals surface area contributed by atoms with Crippen molar-refractivity contribution in [1.29, 1.82) is 5.26 Å². The van der Waals surface area contributed by atoms with Crippen molar-refractivity contribution in [3.05, 3.63) is 121 Å². The van der Waals surface area contributed by atoms with Crippen LogP contribution in [0.2, 0.25) is 0 Å². The van der Waals surface area contributed by atoms with Crippen molar-refractivity contribution >= 4 is 32.9 Å². The number of nitriles is 1. The van der Waals surface area contributed by atoms with Gasteiger partial charge in [0.1, 0.15) is 0 Å². The summed E-state index contributed by atoms with van der Waals surface area (Å²) in [7, 11) is -1.10. The van der Waals surface area contributed by atoms with Gasteiger partial charge >= 0.3 is 176 Å². The number of hydrogen-bond acceptors (Lipinski definition) is 1. The normalized spacial score (nSPS) is 13.3. The standard InChI is InChI=1S/C26H24NPS/c1-22-17-19-26(20-18-22)29(21-27)28(23-11-5-2-6-12-23,24-13-7-3-8-14-24)25-15-9-4-10-16-25/h2-20,28-29H,1H3. The number of nitrogens with zero attached hydrogens (tertiary/aromatic N) is 1. The van der Waals surface area contributed by atoms with E-state index in [9.17, 15) is 5.26 Å². The van der Waals surface area contributed by atoms with E-state index in [1.807, 2.05) is 0 Å². The number of aryl methyl sites for hydroxylation is 1. The Kier molecular flexibility index (Phi) is 5.81. The summed E-state index contributed by atoms with van der Waals surface area (Å²) in [5.41, 5.74) is 1.22. The maximum atomic E-state index is 10.6. The van der Waals surface area contributed by atoms with Gasteiger partial charge in [-0.25, -0.2) is 0 Å². The molecule has 0 saturated heterocycles. The topological polar surface area (TPSA) is 23.8 Å². The Morgan fingerprint density at radius 2 is 0.966 bits per heavy atom. The van der Waals surface area contributed by atoms with Gasteiger partial charge in [0.05, 0.1) is 0 Å². The second-order valence-electron chi connectivity index (χ2n) is 7.08. The summed E-state index contributed by atoms with van der Waals surface area (Å²) in [6.07, 6.45) is 0. The van der Waals surface area contributed by atoms with Crippen LogP contribution in [0.25, 0.3) is 0 Å². The minimum absolute atomic E-state index is 1.10. The molecule has 0 spiro atoms. The van der Waals surface area contributed by atoms with E-state index >= 15 is 0 Å². The van der Waals surface area contributed by atoms with Gasteiger partial charge in [-0.05, 0) is 0 Å². The van der Waals surface area contributed by atoms with Gasteiger partial charge in [-0.15, -0.1) is 0 Å². The third-order valence-corrected chi connectivity index (χ3v) is 15.9. The molecule has 0 aliphatic rings. The molecule has 4 rings (SSSR count). The van der Waals surface area contributed by atoms with Crippen LogP contribution in [0.1, 0.15) is 5.56 Å². The Balaban J connectivity index is 2.10. The van der Waals surface area contributed by atoms with Crippen LogP contribution in [0.15, 0.2) is 120 Å². The molecule has 0 saturated carbocycles. The van der Waals surface area contributed by atoms with Crippen molar-refractivity contribution in [2.45, 2.75) is 11.8 Å². The molecule has 0 aromatic heterocycles. The molecule has 0 radical (unpaired) electrons. The molecule has 29 heavy (non-hydrogen) atoms. The van der Waals surface area contributed by atoms with E-state index in [4.69, 9.17) is 0 Å². The Labute approximate surface area is 176 Å². The molecule has 4 aromatic rings. The summed E-state index contributed by atoms with van der Waals surface area (Å²) in [6, 6.07) is 40.6. The van der Waals surface area contributed by atoms with E-state index in [2.05, 4.69) is 128 Å². The number of benzene rings is 4. The number of thiol groups is 1. The Morgan fingerprint density at radius 1 is 0.586 bits per heavy atom. The second-order valence-corrected chi connectivity index (χ2v) is 15.0. The number of rotatable bonds is 5. The van der Waals surface area contributed by atoms with Crippen molar-refractivity contribution in [1.82, 2.24) is 0 Å². The Morgan fingerprint density at radius 3 is 1.31 bits per heavy atom. The molecule has 144 valence electrons. The zero-order valence-corrected chi connectivity index (χ0v) is 18.3. The zero-order valence-electron chi connectivity index (χ0n) is 16.4. The molecule has 0 aliphatic heterocycles. The van der Waals surface area contributed by atoms with Crippen molar-refractivity contribution in [3.63, 3.8) is 0 Å². The van der Waals surface area contributed by atoms with Gasteiger partial charge in [0.25, 0.3) is 0 Å². The van der Waals surface area contributed by atoms with Gasteiger partial charge in [0.15, 0.2) is 0 Å². The summed E-state index contributed by atoms with van der Waals surface area (Å²) in [5, 5.41) is 17.2. The van der Waals surface area contributed by atoms with Crippen LogP contribution in [0.4, 0.5) is 0 Å². The monoisotopic (exact) mass is 413 g/mol. The van der Waals surface area contributed by atoms with Crippen LogP contribution in [0.3, 0.4) is 0 Å². The first-order chi connectivity index (χ1) is 14.3. The fourth-order valence-electron chi connectivity index (χ4n) is 3.95. The van der Waals surface area contributed by atoms with Gasteiger partial charge in [0.2, 0.25) is 0 Å². The molecule has 4 aromatic carbocycles. The fourth-order valence-corrected chi connectivity index (χ4v) is 14.6. The van der Waals surface area contributed by atoms with Crippen molar-refractivity contribution in [3.8, 4) is 5.40 Å². The summed E-state index contributed by atoms with van der Waals surface area (Å²) in [4.78, 5) is 1.15. The molecule has 0 amide bonds. The molecular weight excluding hydrogens is 389 g/mol. The maximum absolute atomic E-state index is 10.6. The molecule has 3 heteroatoms. The number of thiocyanates is 1. The zero-order chi connectivity index (χ0) is 20.1. The average Bonchev–Trinajstić information content (AvgIpc) is 2.80. The van der Waals surface area contributed by atoms with Gasteiger partial charge in [0, 0.05) is 0 Å². The first kappa shape index (κ1) is 19.5. The summed E-state index contributed by atoms with van der Waals surface area (Å²) >= 11 is 0. The summed E-state index contributed by atoms with van der Waals surface area (Å²) in [5.74, 6) is 0. The van der Waals surface area contributed by atoms with Crippen LogP contribution in [-0.2, 0) is 0 Å². The SMILES string of the molecule is Cc1ccc([SH](C#N)[PH](c2ccccc2)(c2ccccc2)c2ccccc2)cc1. The molecule has 0 fully saturated rings. The van der Waals surface area contributed by atoms with Crippen LogP contribution in [0.5, 0.6) is 0 Å². The van der Waals surface area contributed by atoms with Gasteiger partial charge in [-0.2, -0.15) is 0 Å². The third kappa shape index (κ3) is 3.60. The van der Waals surface area contributed by atoms with Crippen LogP contribution in [0, 0.1) is 17.6 Å². The van der Waals surface area contributed by atoms with E-state index in [0.717, 1.165) is 4.90 Å². The Bertz CT molecular complexity index is 1010. The quantitative estimate of drug-likeness (QED) is 0.262. The first-order valence-corrected chi connectivity index (χ1v) is 13.9. The molecule has 1 atom stereocenters. The van der Waals surface area contributed by atoms with E-state index < -0.39 is 17.0 Å². The van der Waals surface area contributed by atoms with E-state index in [1.54, 1.807) is 0 Å². The van der Waals surface area contributed by atoms with Gasteiger partial charge in [-0.3, -0.25) is 0 Å². The Hall–Kier alpha value is -2.85. The summed E-state index contributed by atoms with van der Waals surface area (Å²) < 4.78 is 0. The second kappa shape index (κ2) is 8.66.